The summed E-state index contributed by atoms with van der Waals surface area (Å²) in [4.78, 5) is 12.5. The molecular formula is C17H13ClN2O2. The molecule has 4 nitrogen and oxygen atoms in total. The Labute approximate surface area is 132 Å². The lowest BCUT2D eigenvalue weighted by atomic mass is 10.1. The first-order chi connectivity index (χ1) is 10.7. The van der Waals surface area contributed by atoms with Crippen molar-refractivity contribution in [3.63, 3.8) is 0 Å². The molecular weight excluding hydrogens is 300 g/mol. The van der Waals surface area contributed by atoms with Gasteiger partial charge in [0, 0.05) is 16.3 Å². The number of halogens is 1. The minimum Gasteiger partial charge on any atom is -0.363 e. The first kappa shape index (κ1) is 14.4. The molecule has 0 saturated carbocycles. The smallest absolute Gasteiger partial charge is 0.261 e. The number of anilines is 1. The third-order valence-electron chi connectivity index (χ3n) is 3.38. The molecule has 0 spiro atoms. The molecule has 0 aliphatic carbocycles. The molecule has 1 N–H and O–H groups in total. The number of carbonyl (C=O) groups excluding carboxylic acids is 1. The van der Waals surface area contributed by atoms with Crippen LogP contribution in [0.5, 0.6) is 0 Å². The summed E-state index contributed by atoms with van der Waals surface area (Å²) in [5.74, 6) is -0.287. The average Bonchev–Trinajstić information content (AvgIpc) is 3.02. The van der Waals surface area contributed by atoms with Crippen LogP contribution in [0.15, 0.2) is 59.3 Å². The van der Waals surface area contributed by atoms with Crippen LogP contribution in [0.1, 0.15) is 15.9 Å². The molecule has 0 atom stereocenters. The molecule has 1 aromatic heterocycles. The normalized spacial score (nSPS) is 10.5. The predicted octanol–water partition coefficient (Wildman–Crippen LogP) is 4.56. The van der Waals surface area contributed by atoms with Gasteiger partial charge in [0.25, 0.3) is 5.91 Å². The number of aromatic nitrogens is 1. The van der Waals surface area contributed by atoms with Crippen molar-refractivity contribution in [2.45, 2.75) is 6.92 Å². The Morgan fingerprint density at radius 1 is 1.14 bits per heavy atom. The number of nitrogens with one attached hydrogen (secondary N) is 1. The highest BCUT2D eigenvalue weighted by Gasteiger charge is 2.18. The fourth-order valence-corrected chi connectivity index (χ4v) is 2.31. The van der Waals surface area contributed by atoms with Crippen molar-refractivity contribution < 1.29 is 9.32 Å². The van der Waals surface area contributed by atoms with Gasteiger partial charge < -0.3 is 9.84 Å². The van der Waals surface area contributed by atoms with E-state index in [1.54, 1.807) is 18.2 Å². The molecule has 5 heteroatoms. The lowest BCUT2D eigenvalue weighted by Gasteiger charge is -2.09. The molecule has 0 fully saturated rings. The molecule has 0 radical (unpaired) electrons. The van der Waals surface area contributed by atoms with E-state index >= 15 is 0 Å². The molecule has 2 aromatic carbocycles. The molecule has 3 rings (SSSR count). The van der Waals surface area contributed by atoms with Gasteiger partial charge in [-0.3, -0.25) is 4.79 Å². The summed E-state index contributed by atoms with van der Waals surface area (Å²) in [5, 5.41) is 7.37. The van der Waals surface area contributed by atoms with E-state index in [2.05, 4.69) is 10.5 Å². The second-order valence-electron chi connectivity index (χ2n) is 4.81. The number of benzene rings is 2. The van der Waals surface area contributed by atoms with Crippen molar-refractivity contribution in [2.75, 3.05) is 5.32 Å². The zero-order chi connectivity index (χ0) is 15.5. The van der Waals surface area contributed by atoms with Gasteiger partial charge in [-0.2, -0.15) is 0 Å². The maximum absolute atomic E-state index is 12.5. The molecule has 22 heavy (non-hydrogen) atoms. The van der Waals surface area contributed by atoms with Gasteiger partial charge in [0.05, 0.1) is 0 Å². The summed E-state index contributed by atoms with van der Waals surface area (Å²) < 4.78 is 4.98. The van der Waals surface area contributed by atoms with Crippen molar-refractivity contribution in [1.82, 2.24) is 5.16 Å². The van der Waals surface area contributed by atoms with Crippen molar-refractivity contribution in [3.8, 4) is 11.3 Å². The van der Waals surface area contributed by atoms with Crippen molar-refractivity contribution in [3.05, 3.63) is 70.9 Å². The van der Waals surface area contributed by atoms with Gasteiger partial charge >= 0.3 is 0 Å². The summed E-state index contributed by atoms with van der Waals surface area (Å²) >= 11 is 6.07. The Kier molecular flexibility index (Phi) is 3.94. The second-order valence-corrected chi connectivity index (χ2v) is 5.22. The lowest BCUT2D eigenvalue weighted by Crippen LogP contribution is -2.13. The zero-order valence-electron chi connectivity index (χ0n) is 11.8. The molecule has 110 valence electrons. The quantitative estimate of drug-likeness (QED) is 0.771. The van der Waals surface area contributed by atoms with E-state index in [-0.39, 0.29) is 5.91 Å². The standard InChI is InChI=1S/C17H13ClN2O2/c1-11-14(18)8-5-9-15(11)19-17(21)13-10-22-20-16(13)12-6-3-2-4-7-12/h2-10H,1H3,(H,19,21). The monoisotopic (exact) mass is 312 g/mol. The maximum atomic E-state index is 12.5. The number of hydrogen-bond acceptors (Lipinski definition) is 3. The minimum atomic E-state index is -0.287. The molecule has 3 aromatic rings. The first-order valence-corrected chi connectivity index (χ1v) is 7.11. The van der Waals surface area contributed by atoms with Crippen LogP contribution in [0, 0.1) is 6.92 Å². The van der Waals surface area contributed by atoms with Crippen molar-refractivity contribution in [2.24, 2.45) is 0 Å². The second kappa shape index (κ2) is 6.03. The lowest BCUT2D eigenvalue weighted by molar-refractivity contribution is 0.102. The van der Waals surface area contributed by atoms with E-state index in [1.165, 1.54) is 6.26 Å². The van der Waals surface area contributed by atoms with Crippen LogP contribution in [-0.2, 0) is 0 Å². The highest BCUT2D eigenvalue weighted by Crippen LogP contribution is 2.26. The molecule has 0 bridgehead atoms. The van der Waals surface area contributed by atoms with Crippen molar-refractivity contribution in [1.29, 1.82) is 0 Å². The SMILES string of the molecule is Cc1c(Cl)cccc1NC(=O)c1conc1-c1ccccc1. The zero-order valence-corrected chi connectivity index (χ0v) is 12.6. The summed E-state index contributed by atoms with van der Waals surface area (Å²) in [6.07, 6.45) is 1.34. The average molecular weight is 313 g/mol. The fraction of sp³-hybridized carbons (Fsp3) is 0.0588. The van der Waals surface area contributed by atoms with Gasteiger partial charge in [-0.1, -0.05) is 53.2 Å². The third-order valence-corrected chi connectivity index (χ3v) is 3.79. The van der Waals surface area contributed by atoms with E-state index in [4.69, 9.17) is 16.1 Å². The van der Waals surface area contributed by atoms with Gasteiger partial charge in [-0.25, -0.2) is 0 Å². The molecule has 1 amide bonds. The minimum absolute atomic E-state index is 0.287. The highest BCUT2D eigenvalue weighted by molar-refractivity contribution is 6.31. The molecule has 0 saturated heterocycles. The van der Waals surface area contributed by atoms with Crippen LogP contribution >= 0.6 is 11.6 Å². The van der Waals surface area contributed by atoms with Crippen LogP contribution in [0.25, 0.3) is 11.3 Å². The number of nitrogens with zero attached hydrogens (tertiary/aromatic N) is 1. The Balaban J connectivity index is 1.91. The highest BCUT2D eigenvalue weighted by atomic mass is 35.5. The van der Waals surface area contributed by atoms with E-state index < -0.39 is 0 Å². The summed E-state index contributed by atoms with van der Waals surface area (Å²) in [7, 11) is 0. The summed E-state index contributed by atoms with van der Waals surface area (Å²) in [6, 6.07) is 14.8. The van der Waals surface area contributed by atoms with Gasteiger partial charge in [0.2, 0.25) is 0 Å². The largest absolute Gasteiger partial charge is 0.363 e. The topological polar surface area (TPSA) is 55.1 Å². The van der Waals surface area contributed by atoms with E-state index in [0.29, 0.717) is 22.0 Å². The van der Waals surface area contributed by atoms with Crippen LogP contribution in [0.2, 0.25) is 5.02 Å². The van der Waals surface area contributed by atoms with E-state index in [0.717, 1.165) is 11.1 Å². The van der Waals surface area contributed by atoms with E-state index in [1.807, 2.05) is 37.3 Å². The third kappa shape index (κ3) is 2.73. The van der Waals surface area contributed by atoms with Crippen LogP contribution in [0.4, 0.5) is 5.69 Å². The molecule has 0 aliphatic rings. The van der Waals surface area contributed by atoms with Crippen LogP contribution < -0.4 is 5.32 Å². The summed E-state index contributed by atoms with van der Waals surface area (Å²) in [5.41, 5.74) is 3.19. The number of carbonyl (C=O) groups is 1. The van der Waals surface area contributed by atoms with E-state index in [9.17, 15) is 4.79 Å². The van der Waals surface area contributed by atoms with Gasteiger partial charge in [-0.05, 0) is 24.6 Å². The predicted molar refractivity (Wildman–Crippen MR) is 86.1 cm³/mol. The number of rotatable bonds is 3. The van der Waals surface area contributed by atoms with Gasteiger partial charge in [0.1, 0.15) is 17.5 Å². The molecule has 0 aliphatic heterocycles. The maximum Gasteiger partial charge on any atom is 0.261 e. The molecule has 1 heterocycles. The first-order valence-electron chi connectivity index (χ1n) is 6.73. The molecule has 0 unspecified atom stereocenters. The Bertz CT molecular complexity index is 813. The number of hydrogen-bond donors (Lipinski definition) is 1. The number of amides is 1. The van der Waals surface area contributed by atoms with Crippen LogP contribution in [0.3, 0.4) is 0 Å². The van der Waals surface area contributed by atoms with Gasteiger partial charge in [0.15, 0.2) is 0 Å². The summed E-state index contributed by atoms with van der Waals surface area (Å²) in [6.45, 7) is 1.85. The Morgan fingerprint density at radius 2 is 1.91 bits per heavy atom. The fourth-order valence-electron chi connectivity index (χ4n) is 2.13. The van der Waals surface area contributed by atoms with Crippen molar-refractivity contribution >= 4 is 23.2 Å². The Morgan fingerprint density at radius 3 is 2.68 bits per heavy atom. The van der Waals surface area contributed by atoms with Crippen LogP contribution in [-0.4, -0.2) is 11.1 Å². The Hall–Kier alpha value is -2.59. The van der Waals surface area contributed by atoms with Gasteiger partial charge in [-0.15, -0.1) is 0 Å².